The number of nitro groups is 1. The van der Waals surface area contributed by atoms with Crippen LogP contribution >= 0.6 is 0 Å². The lowest BCUT2D eigenvalue weighted by molar-refractivity contribution is -0.384. The number of nitrogens with zero attached hydrogens (tertiary/aromatic N) is 2. The second-order valence-corrected chi connectivity index (χ2v) is 4.04. The maximum atomic E-state index is 10.5. The van der Waals surface area contributed by atoms with Crippen molar-refractivity contribution in [1.29, 1.82) is 0 Å². The van der Waals surface area contributed by atoms with E-state index in [1.165, 1.54) is 12.1 Å². The van der Waals surface area contributed by atoms with Crippen LogP contribution in [0.15, 0.2) is 65.8 Å². The van der Waals surface area contributed by atoms with Crippen molar-refractivity contribution in [3.8, 4) is 0 Å². The summed E-state index contributed by atoms with van der Waals surface area (Å²) in [6, 6.07) is 15.6. The van der Waals surface area contributed by atoms with Gasteiger partial charge in [0.15, 0.2) is 0 Å². The molecule has 0 saturated heterocycles. The molecule has 2 aromatic carbocycles. The zero-order valence-corrected chi connectivity index (χ0v) is 10.6. The van der Waals surface area contributed by atoms with Gasteiger partial charge in [-0.3, -0.25) is 10.1 Å². The molecule has 0 aromatic heterocycles. The molecule has 0 aliphatic carbocycles. The quantitative estimate of drug-likeness (QED) is 0.400. The first-order valence-electron chi connectivity index (χ1n) is 5.96. The van der Waals surface area contributed by atoms with Crippen molar-refractivity contribution in [2.24, 2.45) is 10.7 Å². The smallest absolute Gasteiger partial charge is 0.269 e. The fourth-order valence-electron chi connectivity index (χ4n) is 1.59. The summed E-state index contributed by atoms with van der Waals surface area (Å²) in [5, 5.41) is 10.5. The van der Waals surface area contributed by atoms with E-state index in [9.17, 15) is 10.1 Å². The zero-order chi connectivity index (χ0) is 14.4. The third kappa shape index (κ3) is 3.52. The van der Waals surface area contributed by atoms with Crippen LogP contribution in [0, 0.1) is 10.1 Å². The van der Waals surface area contributed by atoms with Crippen molar-refractivity contribution in [2.45, 2.75) is 0 Å². The first kappa shape index (κ1) is 13.5. The molecule has 0 unspecified atom stereocenters. The number of rotatable bonds is 4. The number of hydrogen-bond acceptors (Lipinski definition) is 3. The number of nitrogens with two attached hydrogens (primary N) is 1. The summed E-state index contributed by atoms with van der Waals surface area (Å²) >= 11 is 0. The van der Waals surface area contributed by atoms with Gasteiger partial charge in [0.1, 0.15) is 5.84 Å². The molecule has 0 aliphatic heterocycles. The summed E-state index contributed by atoms with van der Waals surface area (Å²) in [5.41, 5.74) is 7.56. The molecule has 5 nitrogen and oxygen atoms in total. The fraction of sp³-hybridized carbons (Fsp3) is 0. The standard InChI is InChI=1S/C15H13N3O2/c16-15(13-4-2-1-3-5-13)17-11-10-12-6-8-14(9-7-12)18(19)20/h1-11H,(H2,16,17). The highest BCUT2D eigenvalue weighted by atomic mass is 16.6. The van der Waals surface area contributed by atoms with Gasteiger partial charge in [-0.1, -0.05) is 30.3 Å². The molecule has 0 bridgehead atoms. The van der Waals surface area contributed by atoms with Gasteiger partial charge in [0.2, 0.25) is 0 Å². The van der Waals surface area contributed by atoms with Crippen LogP contribution in [0.1, 0.15) is 11.1 Å². The summed E-state index contributed by atoms with van der Waals surface area (Å²) in [7, 11) is 0. The van der Waals surface area contributed by atoms with E-state index < -0.39 is 4.92 Å². The van der Waals surface area contributed by atoms with Crippen LogP contribution in [0.4, 0.5) is 5.69 Å². The second-order valence-electron chi connectivity index (χ2n) is 4.04. The molecule has 2 rings (SSSR count). The van der Waals surface area contributed by atoms with Gasteiger partial charge in [-0.05, 0) is 23.8 Å². The molecule has 0 heterocycles. The monoisotopic (exact) mass is 267 g/mol. The lowest BCUT2D eigenvalue weighted by atomic mass is 10.2. The maximum absolute atomic E-state index is 10.5. The van der Waals surface area contributed by atoms with E-state index in [2.05, 4.69) is 4.99 Å². The zero-order valence-electron chi connectivity index (χ0n) is 10.6. The summed E-state index contributed by atoms with van der Waals surface area (Å²) < 4.78 is 0. The first-order chi connectivity index (χ1) is 9.66. The number of amidine groups is 1. The van der Waals surface area contributed by atoms with E-state index in [1.54, 1.807) is 24.4 Å². The minimum Gasteiger partial charge on any atom is -0.383 e. The molecular weight excluding hydrogens is 254 g/mol. The van der Waals surface area contributed by atoms with Gasteiger partial charge in [-0.25, -0.2) is 4.99 Å². The summed E-state index contributed by atoms with van der Waals surface area (Å²) in [4.78, 5) is 14.2. The molecule has 0 fully saturated rings. The average Bonchev–Trinajstić information content (AvgIpc) is 2.48. The van der Waals surface area contributed by atoms with E-state index in [-0.39, 0.29) is 5.69 Å². The van der Waals surface area contributed by atoms with Crippen molar-refractivity contribution >= 4 is 17.6 Å². The van der Waals surface area contributed by atoms with Crippen molar-refractivity contribution in [3.05, 3.63) is 82.0 Å². The second kappa shape index (κ2) is 6.29. The SMILES string of the molecule is NC(=NC=Cc1ccc([N+](=O)[O-])cc1)c1ccccc1. The molecule has 0 spiro atoms. The Morgan fingerprint density at radius 2 is 1.75 bits per heavy atom. The van der Waals surface area contributed by atoms with Crippen molar-refractivity contribution < 1.29 is 4.92 Å². The predicted octanol–water partition coefficient (Wildman–Crippen LogP) is 2.97. The lowest BCUT2D eigenvalue weighted by Gasteiger charge is -1.97. The molecule has 2 aromatic rings. The summed E-state index contributed by atoms with van der Waals surface area (Å²) in [6.45, 7) is 0. The lowest BCUT2D eigenvalue weighted by Crippen LogP contribution is -2.12. The van der Waals surface area contributed by atoms with Crippen molar-refractivity contribution in [2.75, 3.05) is 0 Å². The minimum absolute atomic E-state index is 0.0643. The largest absolute Gasteiger partial charge is 0.383 e. The van der Waals surface area contributed by atoms with Crippen LogP contribution in [0.5, 0.6) is 0 Å². The van der Waals surface area contributed by atoms with E-state index in [0.717, 1.165) is 11.1 Å². The number of aliphatic imine (C=N–C) groups is 1. The van der Waals surface area contributed by atoms with Gasteiger partial charge < -0.3 is 5.73 Å². The number of hydrogen-bond donors (Lipinski definition) is 1. The number of non-ortho nitro benzene ring substituents is 1. The molecule has 0 aliphatic rings. The molecule has 0 atom stereocenters. The highest BCUT2D eigenvalue weighted by Crippen LogP contribution is 2.12. The molecule has 0 radical (unpaired) electrons. The Morgan fingerprint density at radius 3 is 2.35 bits per heavy atom. The Kier molecular flexibility index (Phi) is 4.24. The van der Waals surface area contributed by atoms with Crippen LogP contribution in [0.3, 0.4) is 0 Å². The molecule has 5 heteroatoms. The third-order valence-corrected chi connectivity index (χ3v) is 2.65. The Balaban J connectivity index is 2.08. The van der Waals surface area contributed by atoms with Gasteiger partial charge in [-0.15, -0.1) is 0 Å². The molecule has 100 valence electrons. The Labute approximate surface area is 116 Å². The van der Waals surface area contributed by atoms with Gasteiger partial charge in [0, 0.05) is 23.9 Å². The van der Waals surface area contributed by atoms with Crippen LogP contribution in [0.2, 0.25) is 0 Å². The number of benzene rings is 2. The third-order valence-electron chi connectivity index (χ3n) is 2.65. The molecule has 0 saturated carbocycles. The van der Waals surface area contributed by atoms with Crippen LogP contribution in [-0.2, 0) is 0 Å². The van der Waals surface area contributed by atoms with Crippen molar-refractivity contribution in [1.82, 2.24) is 0 Å². The fourth-order valence-corrected chi connectivity index (χ4v) is 1.59. The average molecular weight is 267 g/mol. The van der Waals surface area contributed by atoms with E-state index in [4.69, 9.17) is 5.73 Å². The Bertz CT molecular complexity index is 647. The molecule has 2 N–H and O–H groups in total. The summed E-state index contributed by atoms with van der Waals surface area (Å²) in [6.07, 6.45) is 3.31. The normalized spacial score (nSPS) is 11.7. The summed E-state index contributed by atoms with van der Waals surface area (Å²) in [5.74, 6) is 0.420. The van der Waals surface area contributed by atoms with Crippen LogP contribution < -0.4 is 5.73 Å². The minimum atomic E-state index is -0.432. The topological polar surface area (TPSA) is 81.5 Å². The molecule has 20 heavy (non-hydrogen) atoms. The highest BCUT2D eigenvalue weighted by molar-refractivity contribution is 5.97. The van der Waals surface area contributed by atoms with E-state index in [1.807, 2.05) is 30.3 Å². The van der Waals surface area contributed by atoms with E-state index in [0.29, 0.717) is 5.84 Å². The first-order valence-corrected chi connectivity index (χ1v) is 5.96. The molecule has 0 amide bonds. The predicted molar refractivity (Wildman–Crippen MR) is 79.3 cm³/mol. The Morgan fingerprint density at radius 1 is 1.10 bits per heavy atom. The number of nitro benzene ring substituents is 1. The Hall–Kier alpha value is -2.95. The van der Waals surface area contributed by atoms with Gasteiger partial charge in [0.05, 0.1) is 4.92 Å². The maximum Gasteiger partial charge on any atom is 0.269 e. The van der Waals surface area contributed by atoms with Gasteiger partial charge >= 0.3 is 0 Å². The van der Waals surface area contributed by atoms with Gasteiger partial charge in [-0.2, -0.15) is 0 Å². The van der Waals surface area contributed by atoms with Crippen molar-refractivity contribution in [3.63, 3.8) is 0 Å². The molecular formula is C15H13N3O2. The van der Waals surface area contributed by atoms with E-state index >= 15 is 0 Å². The van der Waals surface area contributed by atoms with Gasteiger partial charge in [0.25, 0.3) is 5.69 Å². The van der Waals surface area contributed by atoms with Crippen LogP contribution in [-0.4, -0.2) is 10.8 Å². The van der Waals surface area contributed by atoms with Crippen LogP contribution in [0.25, 0.3) is 6.08 Å². The highest BCUT2D eigenvalue weighted by Gasteiger charge is 2.01.